The lowest BCUT2D eigenvalue weighted by Gasteiger charge is -2.41. The maximum atomic E-state index is 13.9. The van der Waals surface area contributed by atoms with Gasteiger partial charge >= 0.3 is 0 Å². The van der Waals surface area contributed by atoms with Gasteiger partial charge in [0.15, 0.2) is 0 Å². The molecule has 6 nitrogen and oxygen atoms in total. The number of carbonyl (C=O) groups is 1. The van der Waals surface area contributed by atoms with E-state index in [2.05, 4.69) is 4.98 Å². The molecule has 0 aliphatic carbocycles. The molecule has 7 heteroatoms. The van der Waals surface area contributed by atoms with E-state index in [1.165, 1.54) is 0 Å². The first kappa shape index (κ1) is 24.4. The Morgan fingerprint density at radius 2 is 1.71 bits per heavy atom. The summed E-state index contributed by atoms with van der Waals surface area (Å²) in [5, 5.41) is 1.97. The first-order valence-corrected chi connectivity index (χ1v) is 13.7. The van der Waals surface area contributed by atoms with E-state index < -0.39 is 10.0 Å². The van der Waals surface area contributed by atoms with Crippen LogP contribution in [-0.4, -0.2) is 53.4 Å². The number of unbranched alkanes of at least 4 members (excludes halogenated alkanes) is 1. The Morgan fingerprint density at radius 3 is 2.38 bits per heavy atom. The van der Waals surface area contributed by atoms with E-state index in [1.54, 1.807) is 10.5 Å². The second-order valence-electron chi connectivity index (χ2n) is 9.02. The van der Waals surface area contributed by atoms with Crippen LogP contribution in [0.1, 0.15) is 61.6 Å². The molecule has 1 aliphatic rings. The van der Waals surface area contributed by atoms with Gasteiger partial charge in [0.25, 0.3) is 5.91 Å². The Kier molecular flexibility index (Phi) is 7.63. The summed E-state index contributed by atoms with van der Waals surface area (Å²) in [6, 6.07) is 19.5. The number of piperidine rings is 1. The number of hydrogen-bond donors (Lipinski definition) is 0. The van der Waals surface area contributed by atoms with Gasteiger partial charge in [-0.2, -0.15) is 0 Å². The number of fused-ring (bicyclic) bond motifs is 1. The van der Waals surface area contributed by atoms with Crippen molar-refractivity contribution in [3.8, 4) is 0 Å². The molecule has 3 aromatic rings. The van der Waals surface area contributed by atoms with E-state index in [0.29, 0.717) is 38.0 Å². The lowest BCUT2D eigenvalue weighted by molar-refractivity contribution is 0.0505. The average Bonchev–Trinajstić information content (AvgIpc) is 2.88. The van der Waals surface area contributed by atoms with E-state index in [-0.39, 0.29) is 23.7 Å². The molecule has 0 saturated carbocycles. The minimum absolute atomic E-state index is 0.0615. The highest BCUT2D eigenvalue weighted by Gasteiger charge is 2.35. The molecule has 1 aromatic heterocycles. The van der Waals surface area contributed by atoms with E-state index in [1.807, 2.05) is 79.4 Å². The summed E-state index contributed by atoms with van der Waals surface area (Å²) in [4.78, 5) is 20.3. The third-order valence-electron chi connectivity index (χ3n) is 6.75. The van der Waals surface area contributed by atoms with Crippen LogP contribution in [0.2, 0.25) is 0 Å². The largest absolute Gasteiger partial charge is 0.327 e. The molecule has 0 unspecified atom stereocenters. The minimum atomic E-state index is -3.25. The van der Waals surface area contributed by atoms with Crippen LogP contribution in [0.15, 0.2) is 66.9 Å². The lowest BCUT2D eigenvalue weighted by atomic mass is 9.98. The predicted octanol–water partition coefficient (Wildman–Crippen LogP) is 5.03. The first-order valence-electron chi connectivity index (χ1n) is 12.1. The maximum absolute atomic E-state index is 13.9. The van der Waals surface area contributed by atoms with E-state index in [9.17, 15) is 13.2 Å². The van der Waals surface area contributed by atoms with Gasteiger partial charge < -0.3 is 4.90 Å². The highest BCUT2D eigenvalue weighted by atomic mass is 32.2. The van der Waals surface area contributed by atoms with Gasteiger partial charge in [-0.05, 0) is 43.2 Å². The normalized spacial score (nSPS) is 16.4. The van der Waals surface area contributed by atoms with Crippen LogP contribution in [0, 0.1) is 0 Å². The Morgan fingerprint density at radius 1 is 1.06 bits per heavy atom. The molecular formula is C27H33N3O3S. The summed E-state index contributed by atoms with van der Waals surface area (Å²) in [6.07, 6.45) is 4.50. The smallest absolute Gasteiger partial charge is 0.273 e. The lowest BCUT2D eigenvalue weighted by Crippen LogP contribution is -2.50. The van der Waals surface area contributed by atoms with E-state index in [4.69, 9.17) is 0 Å². The van der Waals surface area contributed by atoms with Gasteiger partial charge in [-0.25, -0.2) is 12.7 Å². The number of hydrogen-bond acceptors (Lipinski definition) is 4. The number of benzene rings is 2. The third kappa shape index (κ3) is 5.31. The molecule has 0 bridgehead atoms. The highest BCUT2D eigenvalue weighted by Crippen LogP contribution is 2.30. The van der Waals surface area contributed by atoms with Crippen molar-refractivity contribution in [1.82, 2.24) is 14.2 Å². The Balaban J connectivity index is 1.60. The molecule has 1 atom stereocenters. The number of amides is 1. The summed E-state index contributed by atoms with van der Waals surface area (Å²) < 4.78 is 27.0. The fourth-order valence-corrected chi connectivity index (χ4v) is 6.42. The zero-order valence-electron chi connectivity index (χ0n) is 19.9. The van der Waals surface area contributed by atoms with Crippen LogP contribution < -0.4 is 0 Å². The van der Waals surface area contributed by atoms with Gasteiger partial charge in [-0.3, -0.25) is 9.78 Å². The van der Waals surface area contributed by atoms with Gasteiger partial charge in [0, 0.05) is 30.7 Å². The van der Waals surface area contributed by atoms with Gasteiger partial charge in [0.1, 0.15) is 5.69 Å². The summed E-state index contributed by atoms with van der Waals surface area (Å²) in [5.74, 6) is 0.0764. The van der Waals surface area contributed by atoms with Crippen molar-refractivity contribution in [3.05, 3.63) is 78.1 Å². The average molecular weight is 480 g/mol. The number of sulfonamides is 1. The molecule has 2 heterocycles. The van der Waals surface area contributed by atoms with Gasteiger partial charge in [0.2, 0.25) is 10.0 Å². The Hall–Kier alpha value is -2.77. The van der Waals surface area contributed by atoms with Gasteiger partial charge in [0.05, 0.1) is 11.8 Å². The summed E-state index contributed by atoms with van der Waals surface area (Å²) in [6.45, 7) is 4.91. The zero-order valence-corrected chi connectivity index (χ0v) is 20.7. The van der Waals surface area contributed by atoms with E-state index in [0.717, 1.165) is 22.8 Å². The van der Waals surface area contributed by atoms with Gasteiger partial charge in [-0.15, -0.1) is 0 Å². The van der Waals surface area contributed by atoms with Crippen molar-refractivity contribution in [2.75, 3.05) is 18.8 Å². The number of aromatic nitrogens is 1. The zero-order chi connectivity index (χ0) is 24.1. The molecule has 1 aliphatic heterocycles. The topological polar surface area (TPSA) is 70.6 Å². The fourth-order valence-electron chi connectivity index (χ4n) is 4.74. The molecule has 2 aromatic carbocycles. The monoisotopic (exact) mass is 479 g/mol. The van der Waals surface area contributed by atoms with Crippen LogP contribution in [0.5, 0.6) is 0 Å². The van der Waals surface area contributed by atoms with Crippen molar-refractivity contribution >= 4 is 26.7 Å². The SMILES string of the molecule is CCCCS(=O)(=O)N1CCC(N(C(=O)c2cc3ccccc3cn2)[C@H](C)c2ccccc2)CC1. The van der Waals surface area contributed by atoms with Crippen molar-refractivity contribution in [2.45, 2.75) is 51.6 Å². The number of rotatable bonds is 8. The molecule has 1 amide bonds. The molecule has 34 heavy (non-hydrogen) atoms. The summed E-state index contributed by atoms with van der Waals surface area (Å²) in [7, 11) is -3.25. The molecule has 4 rings (SSSR count). The van der Waals surface area contributed by atoms with Crippen molar-refractivity contribution in [1.29, 1.82) is 0 Å². The number of nitrogens with zero attached hydrogens (tertiary/aromatic N) is 3. The quantitative estimate of drug-likeness (QED) is 0.454. The number of pyridine rings is 1. The summed E-state index contributed by atoms with van der Waals surface area (Å²) >= 11 is 0. The molecule has 0 radical (unpaired) electrons. The van der Waals surface area contributed by atoms with Crippen LogP contribution in [0.25, 0.3) is 10.8 Å². The van der Waals surface area contributed by atoms with Gasteiger partial charge in [-0.1, -0.05) is 67.9 Å². The summed E-state index contributed by atoms with van der Waals surface area (Å²) in [5.41, 5.74) is 1.47. The second-order valence-corrected chi connectivity index (χ2v) is 11.1. The molecule has 180 valence electrons. The van der Waals surface area contributed by atoms with Crippen molar-refractivity contribution in [3.63, 3.8) is 0 Å². The molecular weight excluding hydrogens is 446 g/mol. The molecule has 1 saturated heterocycles. The predicted molar refractivity (Wildman–Crippen MR) is 136 cm³/mol. The Labute approximate surface area is 202 Å². The fraction of sp³-hybridized carbons (Fsp3) is 0.407. The third-order valence-corrected chi connectivity index (χ3v) is 8.71. The first-order chi connectivity index (χ1) is 16.4. The van der Waals surface area contributed by atoms with Crippen molar-refractivity contribution < 1.29 is 13.2 Å². The second kappa shape index (κ2) is 10.7. The van der Waals surface area contributed by atoms with E-state index >= 15 is 0 Å². The van der Waals surface area contributed by atoms with Crippen molar-refractivity contribution in [2.24, 2.45) is 0 Å². The van der Waals surface area contributed by atoms with Crippen LogP contribution in [0.3, 0.4) is 0 Å². The standard InChI is InChI=1S/C27H33N3O3S/c1-3-4-18-34(32,33)29-16-14-25(15-17-29)30(21(2)22-10-6-5-7-11-22)27(31)26-19-23-12-8-9-13-24(23)20-28-26/h5-13,19-21,25H,3-4,14-18H2,1-2H3/t21-/m1/s1. The van der Waals surface area contributed by atoms with Crippen LogP contribution in [-0.2, 0) is 10.0 Å². The van der Waals surface area contributed by atoms with Crippen LogP contribution in [0.4, 0.5) is 0 Å². The number of carbonyl (C=O) groups excluding carboxylic acids is 1. The maximum Gasteiger partial charge on any atom is 0.273 e. The molecule has 0 N–H and O–H groups in total. The Bertz CT molecular complexity index is 1220. The van der Waals surface area contributed by atoms with Crippen LogP contribution >= 0.6 is 0 Å². The molecule has 1 fully saturated rings. The highest BCUT2D eigenvalue weighted by molar-refractivity contribution is 7.89. The minimum Gasteiger partial charge on any atom is -0.327 e. The molecule has 0 spiro atoms.